The summed E-state index contributed by atoms with van der Waals surface area (Å²) in [5.74, 6) is 1.06. The maximum Gasteiger partial charge on any atom is 0.128 e. The van der Waals surface area contributed by atoms with Gasteiger partial charge in [-0.15, -0.1) is 0 Å². The second kappa shape index (κ2) is 5.67. The quantitative estimate of drug-likeness (QED) is 0.767. The van der Waals surface area contributed by atoms with Crippen molar-refractivity contribution in [2.75, 3.05) is 5.32 Å². The summed E-state index contributed by atoms with van der Waals surface area (Å²) in [5.41, 5.74) is 1.12. The lowest BCUT2D eigenvalue weighted by Gasteiger charge is -2.09. The third-order valence-electron chi connectivity index (χ3n) is 3.40. The van der Waals surface area contributed by atoms with Gasteiger partial charge in [0.05, 0.1) is 6.54 Å². The van der Waals surface area contributed by atoms with Crippen molar-refractivity contribution >= 4 is 32.4 Å². The Morgan fingerprint density at radius 1 is 1.15 bits per heavy atom. The Morgan fingerprint density at radius 3 is 2.80 bits per heavy atom. The van der Waals surface area contributed by atoms with Gasteiger partial charge in [0.15, 0.2) is 0 Å². The van der Waals surface area contributed by atoms with Crippen LogP contribution in [0.5, 0.6) is 0 Å². The predicted octanol–water partition coefficient (Wildman–Crippen LogP) is 4.43. The van der Waals surface area contributed by atoms with Crippen LogP contribution in [-0.2, 0) is 13.1 Å². The van der Waals surface area contributed by atoms with Gasteiger partial charge in [0.1, 0.15) is 5.82 Å². The second-order valence-electron chi connectivity index (χ2n) is 4.69. The van der Waals surface area contributed by atoms with E-state index in [1.54, 1.807) is 0 Å². The van der Waals surface area contributed by atoms with E-state index in [0.717, 1.165) is 29.1 Å². The first-order valence-electron chi connectivity index (χ1n) is 6.69. The Hall–Kier alpha value is -1.81. The number of anilines is 1. The molecule has 2 aromatic carbocycles. The van der Waals surface area contributed by atoms with E-state index in [2.05, 4.69) is 74.1 Å². The molecule has 1 N–H and O–H groups in total. The lowest BCUT2D eigenvalue weighted by Crippen LogP contribution is -2.07. The van der Waals surface area contributed by atoms with Crippen LogP contribution in [0.4, 0.5) is 5.69 Å². The van der Waals surface area contributed by atoms with Crippen LogP contribution in [0.1, 0.15) is 12.7 Å². The molecule has 0 spiro atoms. The molecule has 0 saturated heterocycles. The number of nitrogens with zero attached hydrogens (tertiary/aromatic N) is 2. The van der Waals surface area contributed by atoms with Crippen molar-refractivity contribution in [1.82, 2.24) is 9.55 Å². The Balaban J connectivity index is 1.79. The summed E-state index contributed by atoms with van der Waals surface area (Å²) in [4.78, 5) is 4.37. The van der Waals surface area contributed by atoms with Gasteiger partial charge in [0, 0.05) is 29.1 Å². The van der Waals surface area contributed by atoms with Crippen molar-refractivity contribution in [3.05, 3.63) is 59.1 Å². The maximum absolute atomic E-state index is 4.37. The zero-order valence-corrected chi connectivity index (χ0v) is 12.9. The molecule has 0 unspecified atom stereocenters. The van der Waals surface area contributed by atoms with Crippen LogP contribution >= 0.6 is 15.9 Å². The third-order valence-corrected chi connectivity index (χ3v) is 3.89. The molecule has 0 bridgehead atoms. The molecule has 0 fully saturated rings. The van der Waals surface area contributed by atoms with Crippen molar-refractivity contribution in [3.63, 3.8) is 0 Å². The number of hydrogen-bond acceptors (Lipinski definition) is 2. The normalized spacial score (nSPS) is 10.9. The molecule has 20 heavy (non-hydrogen) atoms. The number of aryl methyl sites for hydroxylation is 1. The Morgan fingerprint density at radius 2 is 1.95 bits per heavy atom. The molecular formula is C16H16BrN3. The van der Waals surface area contributed by atoms with Crippen LogP contribution < -0.4 is 5.32 Å². The van der Waals surface area contributed by atoms with Gasteiger partial charge >= 0.3 is 0 Å². The van der Waals surface area contributed by atoms with Gasteiger partial charge < -0.3 is 9.88 Å². The molecule has 3 nitrogen and oxygen atoms in total. The summed E-state index contributed by atoms with van der Waals surface area (Å²) in [6.07, 6.45) is 3.85. The fourth-order valence-corrected chi connectivity index (χ4v) is 2.68. The van der Waals surface area contributed by atoms with E-state index in [4.69, 9.17) is 0 Å². The highest BCUT2D eigenvalue weighted by Gasteiger charge is 2.02. The zero-order chi connectivity index (χ0) is 13.9. The van der Waals surface area contributed by atoms with Crippen molar-refractivity contribution in [1.29, 1.82) is 0 Å². The molecule has 102 valence electrons. The predicted molar refractivity (Wildman–Crippen MR) is 86.9 cm³/mol. The minimum absolute atomic E-state index is 0.739. The van der Waals surface area contributed by atoms with Crippen molar-refractivity contribution in [2.24, 2.45) is 0 Å². The molecule has 3 rings (SSSR count). The van der Waals surface area contributed by atoms with Crippen LogP contribution in [0, 0.1) is 0 Å². The lowest BCUT2D eigenvalue weighted by molar-refractivity contribution is 0.708. The average Bonchev–Trinajstić information content (AvgIpc) is 2.92. The first kappa shape index (κ1) is 13.2. The average molecular weight is 330 g/mol. The topological polar surface area (TPSA) is 29.9 Å². The third kappa shape index (κ3) is 2.70. The first-order valence-corrected chi connectivity index (χ1v) is 7.49. The summed E-state index contributed by atoms with van der Waals surface area (Å²) in [7, 11) is 0. The van der Waals surface area contributed by atoms with E-state index in [1.165, 1.54) is 10.8 Å². The molecule has 0 aliphatic heterocycles. The highest BCUT2D eigenvalue weighted by Crippen LogP contribution is 2.23. The smallest absolute Gasteiger partial charge is 0.128 e. The van der Waals surface area contributed by atoms with E-state index in [1.807, 2.05) is 12.4 Å². The Labute approximate surface area is 126 Å². The molecule has 0 radical (unpaired) electrons. The second-order valence-corrected chi connectivity index (χ2v) is 5.60. The summed E-state index contributed by atoms with van der Waals surface area (Å²) in [6, 6.07) is 12.7. The largest absolute Gasteiger partial charge is 0.378 e. The number of benzene rings is 2. The van der Waals surface area contributed by atoms with Gasteiger partial charge in [-0.05, 0) is 42.0 Å². The summed E-state index contributed by atoms with van der Waals surface area (Å²) in [6.45, 7) is 3.81. The van der Waals surface area contributed by atoms with Gasteiger partial charge in [-0.1, -0.05) is 28.1 Å². The molecule has 3 aromatic rings. The van der Waals surface area contributed by atoms with E-state index < -0.39 is 0 Å². The van der Waals surface area contributed by atoms with Crippen LogP contribution in [0.3, 0.4) is 0 Å². The minimum Gasteiger partial charge on any atom is -0.378 e. The van der Waals surface area contributed by atoms with Crippen molar-refractivity contribution in [3.8, 4) is 0 Å². The molecule has 0 aliphatic rings. The molecule has 0 atom stereocenters. The molecule has 1 aromatic heterocycles. The molecule has 0 amide bonds. The highest BCUT2D eigenvalue weighted by atomic mass is 79.9. The molecule has 0 aliphatic carbocycles. The van der Waals surface area contributed by atoms with Crippen LogP contribution in [0.25, 0.3) is 10.8 Å². The summed E-state index contributed by atoms with van der Waals surface area (Å²) < 4.78 is 3.25. The Bertz CT molecular complexity index is 733. The van der Waals surface area contributed by atoms with Crippen LogP contribution in [0.2, 0.25) is 0 Å². The van der Waals surface area contributed by atoms with Crippen LogP contribution in [-0.4, -0.2) is 9.55 Å². The van der Waals surface area contributed by atoms with E-state index in [9.17, 15) is 0 Å². The van der Waals surface area contributed by atoms with Gasteiger partial charge in [-0.3, -0.25) is 0 Å². The molecular weight excluding hydrogens is 314 g/mol. The summed E-state index contributed by atoms with van der Waals surface area (Å²) in [5, 5.41) is 5.90. The zero-order valence-electron chi connectivity index (χ0n) is 11.3. The van der Waals surface area contributed by atoms with Crippen molar-refractivity contribution in [2.45, 2.75) is 20.0 Å². The highest BCUT2D eigenvalue weighted by molar-refractivity contribution is 9.10. The molecule has 4 heteroatoms. The number of imidazole rings is 1. The number of hydrogen-bond donors (Lipinski definition) is 1. The monoisotopic (exact) mass is 329 g/mol. The van der Waals surface area contributed by atoms with Crippen LogP contribution in [0.15, 0.2) is 53.3 Å². The van der Waals surface area contributed by atoms with Gasteiger partial charge in [0.2, 0.25) is 0 Å². The van der Waals surface area contributed by atoms with E-state index in [-0.39, 0.29) is 0 Å². The lowest BCUT2D eigenvalue weighted by atomic mass is 10.1. The number of halogens is 1. The minimum atomic E-state index is 0.739. The number of nitrogens with one attached hydrogen (secondary N) is 1. The molecule has 0 saturated carbocycles. The SMILES string of the molecule is CCn1ccnc1CNc1ccc2cc(Br)ccc2c1. The van der Waals surface area contributed by atoms with Gasteiger partial charge in [0.25, 0.3) is 0 Å². The van der Waals surface area contributed by atoms with Crippen molar-refractivity contribution < 1.29 is 0 Å². The Kier molecular flexibility index (Phi) is 3.74. The first-order chi connectivity index (χ1) is 9.76. The van der Waals surface area contributed by atoms with Gasteiger partial charge in [-0.25, -0.2) is 4.98 Å². The molecule has 1 heterocycles. The van der Waals surface area contributed by atoms with E-state index in [0.29, 0.717) is 0 Å². The number of fused-ring (bicyclic) bond motifs is 1. The fraction of sp³-hybridized carbons (Fsp3) is 0.188. The van der Waals surface area contributed by atoms with Gasteiger partial charge in [-0.2, -0.15) is 0 Å². The van der Waals surface area contributed by atoms with E-state index >= 15 is 0 Å². The number of aromatic nitrogens is 2. The summed E-state index contributed by atoms with van der Waals surface area (Å²) >= 11 is 3.50. The fourth-order valence-electron chi connectivity index (χ4n) is 2.30. The maximum atomic E-state index is 4.37. The number of rotatable bonds is 4. The standard InChI is InChI=1S/C16H16BrN3/c1-2-20-8-7-18-16(20)11-19-15-6-4-12-9-14(17)5-3-13(12)10-15/h3-10,19H,2,11H2,1H3.